The van der Waals surface area contributed by atoms with Gasteiger partial charge in [-0.1, -0.05) is 0 Å². The number of hydrogen-bond donors (Lipinski definition) is 0. The van der Waals surface area contributed by atoms with Crippen molar-refractivity contribution in [3.8, 4) is 0 Å². The van der Waals surface area contributed by atoms with Crippen LogP contribution in [-0.4, -0.2) is 0 Å². The Morgan fingerprint density at radius 3 is 1.71 bits per heavy atom. The van der Waals surface area contributed by atoms with Crippen molar-refractivity contribution in [2.75, 3.05) is 0 Å². The summed E-state index contributed by atoms with van der Waals surface area (Å²) in [5.41, 5.74) is 0. The standard InChI is InChI=1S/C5H5.BrH.Pd/c1-2-4-5-3-1;;/h1-5H;1H;/q-1;;+2/p-1. The van der Waals surface area contributed by atoms with Gasteiger partial charge in [-0.15, -0.1) is 0 Å². The third-order valence-corrected chi connectivity index (χ3v) is 0.556. The Hall–Kier alpha value is 0.492. The van der Waals surface area contributed by atoms with Crippen molar-refractivity contribution in [3.05, 3.63) is 30.3 Å². The van der Waals surface area contributed by atoms with Gasteiger partial charge < -0.3 is 0 Å². The first-order valence-corrected chi connectivity index (χ1v) is 5.34. The third-order valence-electron chi connectivity index (χ3n) is 0.556. The normalized spacial score (nSPS) is 6.71. The van der Waals surface area contributed by atoms with E-state index in [1.807, 2.05) is 30.3 Å². The minimum Gasteiger partial charge on any atom is -0.214 e. The topological polar surface area (TPSA) is 0 Å². The number of hydrogen-bond acceptors (Lipinski definition) is 0. The molecule has 1 aromatic rings. The monoisotopic (exact) mass is 250 g/mol. The summed E-state index contributed by atoms with van der Waals surface area (Å²) in [6, 6.07) is 10.0. The van der Waals surface area contributed by atoms with Crippen LogP contribution in [0.4, 0.5) is 0 Å². The number of rotatable bonds is 0. The van der Waals surface area contributed by atoms with Gasteiger partial charge in [0.1, 0.15) is 0 Å². The zero-order valence-electron chi connectivity index (χ0n) is 3.58. The molecule has 0 radical (unpaired) electrons. The fraction of sp³-hybridized carbons (Fsp3) is 0. The molecule has 0 fully saturated rings. The largest absolute Gasteiger partial charge is 0.214 e. The van der Waals surface area contributed by atoms with E-state index in [2.05, 4.69) is 30.6 Å². The Labute approximate surface area is 60.9 Å². The molecular weight excluding hydrogens is 246 g/mol. The summed E-state index contributed by atoms with van der Waals surface area (Å²) in [5.74, 6) is 0. The molecule has 0 spiro atoms. The molecule has 0 bridgehead atoms. The molecule has 0 nitrogen and oxygen atoms in total. The van der Waals surface area contributed by atoms with E-state index in [4.69, 9.17) is 0 Å². The molecule has 42 valence electrons. The Morgan fingerprint density at radius 2 is 1.57 bits per heavy atom. The average molecular weight is 251 g/mol. The van der Waals surface area contributed by atoms with E-state index in [0.29, 0.717) is 0 Å². The van der Waals surface area contributed by atoms with Crippen LogP contribution in [0.3, 0.4) is 0 Å². The van der Waals surface area contributed by atoms with Crippen LogP contribution in [0, 0.1) is 0 Å². The Morgan fingerprint density at radius 1 is 1.14 bits per heavy atom. The Balaban J connectivity index is 0.000000162. The summed E-state index contributed by atoms with van der Waals surface area (Å²) < 4.78 is 0. The van der Waals surface area contributed by atoms with Gasteiger partial charge in [0.2, 0.25) is 0 Å². The van der Waals surface area contributed by atoms with Crippen molar-refractivity contribution in [1.82, 2.24) is 0 Å². The SMILES string of the molecule is [Br][Pd+].c1cc[cH-]c1. The molecule has 0 aliphatic carbocycles. The average Bonchev–Trinajstić information content (AvgIpc) is 2.23. The fourth-order valence-corrected chi connectivity index (χ4v) is 0.321. The van der Waals surface area contributed by atoms with E-state index < -0.39 is 0 Å². The van der Waals surface area contributed by atoms with Crippen molar-refractivity contribution in [2.45, 2.75) is 0 Å². The van der Waals surface area contributed by atoms with Crippen LogP contribution in [0.1, 0.15) is 0 Å². The van der Waals surface area contributed by atoms with Gasteiger partial charge in [0.15, 0.2) is 0 Å². The second kappa shape index (κ2) is 6.49. The molecule has 0 atom stereocenters. The van der Waals surface area contributed by atoms with E-state index in [-0.39, 0.29) is 0 Å². The summed E-state index contributed by atoms with van der Waals surface area (Å²) in [5, 5.41) is 0. The minimum absolute atomic E-state index is 2.00. The van der Waals surface area contributed by atoms with Crippen LogP contribution in [0.25, 0.3) is 0 Å². The van der Waals surface area contributed by atoms with Gasteiger partial charge in [-0.2, -0.15) is 18.2 Å². The Kier molecular flexibility index (Phi) is 6.95. The number of halogens is 1. The van der Waals surface area contributed by atoms with Gasteiger partial charge in [0.05, 0.1) is 0 Å². The first-order chi connectivity index (χ1) is 3.50. The van der Waals surface area contributed by atoms with Crippen LogP contribution >= 0.6 is 13.4 Å². The van der Waals surface area contributed by atoms with E-state index in [1.165, 1.54) is 0 Å². The second-order valence-electron chi connectivity index (χ2n) is 0.962. The maximum atomic E-state index is 2.79. The molecule has 1 rings (SSSR count). The molecule has 0 aliphatic heterocycles. The Bertz CT molecular complexity index is 64.6. The van der Waals surface area contributed by atoms with E-state index in [0.717, 1.165) is 0 Å². The maximum absolute atomic E-state index is 2.79. The van der Waals surface area contributed by atoms with Crippen molar-refractivity contribution in [3.63, 3.8) is 0 Å². The first-order valence-electron chi connectivity index (χ1n) is 1.79. The molecule has 7 heavy (non-hydrogen) atoms. The summed E-state index contributed by atoms with van der Waals surface area (Å²) in [7, 11) is 0. The van der Waals surface area contributed by atoms with Gasteiger partial charge in [0.25, 0.3) is 0 Å². The quantitative estimate of drug-likeness (QED) is 0.490. The summed E-state index contributed by atoms with van der Waals surface area (Å²) in [6.07, 6.45) is 0. The molecule has 0 amide bonds. The summed E-state index contributed by atoms with van der Waals surface area (Å²) >= 11 is 5.35. The molecule has 0 saturated carbocycles. The maximum Gasteiger partial charge on any atom is -0.172 e. The zero-order chi connectivity index (χ0) is 5.54. The van der Waals surface area contributed by atoms with Crippen LogP contribution in [-0.2, 0) is 17.2 Å². The van der Waals surface area contributed by atoms with Crippen molar-refractivity contribution >= 4 is 13.4 Å². The van der Waals surface area contributed by atoms with Crippen LogP contribution in [0.5, 0.6) is 0 Å². The molecule has 0 heterocycles. The summed E-state index contributed by atoms with van der Waals surface area (Å²) in [4.78, 5) is 0. The van der Waals surface area contributed by atoms with E-state index in [1.54, 1.807) is 0 Å². The zero-order valence-corrected chi connectivity index (χ0v) is 6.72. The van der Waals surface area contributed by atoms with Gasteiger partial charge in [0, 0.05) is 0 Å². The molecule has 0 N–H and O–H groups in total. The molecule has 0 unspecified atom stereocenters. The van der Waals surface area contributed by atoms with Crippen LogP contribution in [0.15, 0.2) is 30.3 Å². The molecule has 0 aromatic heterocycles. The van der Waals surface area contributed by atoms with Crippen LogP contribution in [0.2, 0.25) is 0 Å². The molecule has 0 saturated heterocycles. The third kappa shape index (κ3) is 4.34. The predicted octanol–water partition coefficient (Wildman–Crippen LogP) is 2.25. The molecular formula is C5H5BrPd. The van der Waals surface area contributed by atoms with Crippen LogP contribution < -0.4 is 0 Å². The van der Waals surface area contributed by atoms with E-state index >= 15 is 0 Å². The fourth-order valence-electron chi connectivity index (χ4n) is 0.321. The molecule has 2 heteroatoms. The second-order valence-corrected chi connectivity index (χ2v) is 0.962. The smallest absolute Gasteiger partial charge is 0.172 e. The van der Waals surface area contributed by atoms with Gasteiger partial charge in [-0.3, -0.25) is 0 Å². The molecule has 1 aromatic carbocycles. The minimum atomic E-state index is 2.00. The predicted molar refractivity (Wildman–Crippen MR) is 31.0 cm³/mol. The van der Waals surface area contributed by atoms with Crippen molar-refractivity contribution < 1.29 is 17.2 Å². The first kappa shape index (κ1) is 7.49. The van der Waals surface area contributed by atoms with Crippen molar-refractivity contribution in [1.29, 1.82) is 0 Å². The van der Waals surface area contributed by atoms with Crippen molar-refractivity contribution in [2.24, 2.45) is 0 Å². The van der Waals surface area contributed by atoms with Gasteiger partial charge in [-0.05, 0) is 0 Å². The van der Waals surface area contributed by atoms with Gasteiger partial charge in [-0.25, -0.2) is 12.1 Å². The van der Waals surface area contributed by atoms with Gasteiger partial charge >= 0.3 is 30.6 Å². The molecule has 0 aliphatic rings. The van der Waals surface area contributed by atoms with E-state index in [9.17, 15) is 0 Å². The summed E-state index contributed by atoms with van der Waals surface area (Å²) in [6.45, 7) is 0.